The SMILES string of the molecule is COCCN(C1CCSC1)S(=O)(=O)c1csc(C(=O)O)c1. The number of thiophene rings is 1. The molecule has 1 atom stereocenters. The molecule has 0 amide bonds. The first-order valence-electron chi connectivity index (χ1n) is 6.37. The van der Waals surface area contributed by atoms with Crippen molar-refractivity contribution in [1.29, 1.82) is 0 Å². The van der Waals surface area contributed by atoms with Gasteiger partial charge in [0, 0.05) is 30.8 Å². The van der Waals surface area contributed by atoms with Crippen LogP contribution in [-0.2, 0) is 14.8 Å². The highest BCUT2D eigenvalue weighted by atomic mass is 32.2. The summed E-state index contributed by atoms with van der Waals surface area (Å²) in [6.45, 7) is 0.596. The fourth-order valence-corrected chi connectivity index (χ4v) is 6.19. The Balaban J connectivity index is 2.28. The van der Waals surface area contributed by atoms with Crippen molar-refractivity contribution in [3.05, 3.63) is 16.3 Å². The maximum atomic E-state index is 12.7. The Hall–Kier alpha value is -0.610. The van der Waals surface area contributed by atoms with E-state index in [1.807, 2.05) is 0 Å². The van der Waals surface area contributed by atoms with Gasteiger partial charge in [0.25, 0.3) is 0 Å². The van der Waals surface area contributed by atoms with E-state index in [1.54, 1.807) is 11.8 Å². The number of hydrogen-bond donors (Lipinski definition) is 1. The Morgan fingerprint density at radius 3 is 2.86 bits per heavy atom. The van der Waals surface area contributed by atoms with Crippen LogP contribution in [0.25, 0.3) is 0 Å². The van der Waals surface area contributed by atoms with Crippen LogP contribution in [0.4, 0.5) is 0 Å². The molecular weight excluding hydrogens is 334 g/mol. The van der Waals surface area contributed by atoms with Crippen LogP contribution in [-0.4, -0.2) is 61.6 Å². The molecule has 1 aliphatic rings. The number of hydrogen-bond acceptors (Lipinski definition) is 6. The maximum Gasteiger partial charge on any atom is 0.345 e. The van der Waals surface area contributed by atoms with Gasteiger partial charge in [-0.2, -0.15) is 16.1 Å². The number of aromatic carboxylic acids is 1. The zero-order chi connectivity index (χ0) is 15.5. The van der Waals surface area contributed by atoms with Crippen molar-refractivity contribution < 1.29 is 23.1 Å². The first-order valence-corrected chi connectivity index (χ1v) is 9.84. The number of ether oxygens (including phenoxy) is 1. The molecule has 0 saturated carbocycles. The van der Waals surface area contributed by atoms with E-state index in [-0.39, 0.29) is 22.4 Å². The fraction of sp³-hybridized carbons (Fsp3) is 0.583. The van der Waals surface area contributed by atoms with Crippen molar-refractivity contribution in [2.75, 3.05) is 31.8 Å². The Morgan fingerprint density at radius 1 is 1.57 bits per heavy atom. The number of carboxylic acid groups (broad SMARTS) is 1. The largest absolute Gasteiger partial charge is 0.477 e. The van der Waals surface area contributed by atoms with E-state index in [4.69, 9.17) is 9.84 Å². The number of carbonyl (C=O) groups is 1. The monoisotopic (exact) mass is 351 g/mol. The van der Waals surface area contributed by atoms with E-state index >= 15 is 0 Å². The van der Waals surface area contributed by atoms with E-state index in [1.165, 1.54) is 22.9 Å². The summed E-state index contributed by atoms with van der Waals surface area (Å²) < 4.78 is 31.9. The summed E-state index contributed by atoms with van der Waals surface area (Å²) >= 11 is 2.65. The van der Waals surface area contributed by atoms with E-state index in [0.717, 1.165) is 29.3 Å². The standard InChI is InChI=1S/C12H17NO5S3/c1-18-4-3-13(9-2-5-19-7-9)21(16,17)10-6-11(12(14)15)20-8-10/h6,8-9H,2-5,7H2,1H3,(H,14,15). The molecule has 1 N–H and O–H groups in total. The number of methoxy groups -OCH3 is 1. The second kappa shape index (κ2) is 7.10. The molecule has 21 heavy (non-hydrogen) atoms. The number of rotatable bonds is 7. The van der Waals surface area contributed by atoms with Crippen molar-refractivity contribution >= 4 is 39.1 Å². The predicted molar refractivity (Wildman–Crippen MR) is 82.8 cm³/mol. The summed E-state index contributed by atoms with van der Waals surface area (Å²) in [5.41, 5.74) is 0. The van der Waals surface area contributed by atoms with Gasteiger partial charge in [-0.25, -0.2) is 13.2 Å². The molecular formula is C12H17NO5S3. The highest BCUT2D eigenvalue weighted by molar-refractivity contribution is 7.99. The second-order valence-corrected chi connectivity index (χ2v) is 8.53. The molecule has 1 unspecified atom stereocenters. The van der Waals surface area contributed by atoms with Crippen molar-refractivity contribution in [3.8, 4) is 0 Å². The van der Waals surface area contributed by atoms with Gasteiger partial charge in [0.2, 0.25) is 10.0 Å². The summed E-state index contributed by atoms with van der Waals surface area (Å²) in [5.74, 6) is 0.591. The Bertz CT molecular complexity index is 592. The highest BCUT2D eigenvalue weighted by Crippen LogP contribution is 2.29. The fourth-order valence-electron chi connectivity index (χ4n) is 2.13. The number of thioether (sulfide) groups is 1. The van der Waals surface area contributed by atoms with E-state index in [9.17, 15) is 13.2 Å². The quantitative estimate of drug-likeness (QED) is 0.803. The second-order valence-electron chi connectivity index (χ2n) is 4.58. The topological polar surface area (TPSA) is 83.9 Å². The van der Waals surface area contributed by atoms with Gasteiger partial charge in [0.15, 0.2) is 0 Å². The molecule has 1 aliphatic heterocycles. The third-order valence-electron chi connectivity index (χ3n) is 3.22. The van der Waals surface area contributed by atoms with E-state index < -0.39 is 16.0 Å². The number of nitrogens with zero attached hydrogens (tertiary/aromatic N) is 1. The van der Waals surface area contributed by atoms with Gasteiger partial charge >= 0.3 is 5.97 Å². The molecule has 0 aliphatic carbocycles. The summed E-state index contributed by atoms with van der Waals surface area (Å²) in [6, 6.07) is 1.17. The van der Waals surface area contributed by atoms with Crippen molar-refractivity contribution in [1.82, 2.24) is 4.31 Å². The summed E-state index contributed by atoms with van der Waals surface area (Å²) in [6.07, 6.45) is 0.809. The molecule has 6 nitrogen and oxygen atoms in total. The van der Waals surface area contributed by atoms with Crippen LogP contribution in [0.1, 0.15) is 16.1 Å². The zero-order valence-electron chi connectivity index (χ0n) is 11.5. The summed E-state index contributed by atoms with van der Waals surface area (Å²) in [4.78, 5) is 11.0. The average molecular weight is 351 g/mol. The summed E-state index contributed by atoms with van der Waals surface area (Å²) in [5, 5.41) is 10.3. The minimum Gasteiger partial charge on any atom is -0.477 e. The van der Waals surface area contributed by atoms with Gasteiger partial charge in [0.05, 0.1) is 11.5 Å². The van der Waals surface area contributed by atoms with Gasteiger partial charge in [0.1, 0.15) is 4.88 Å². The van der Waals surface area contributed by atoms with Crippen LogP contribution < -0.4 is 0 Å². The normalized spacial score (nSPS) is 19.2. The van der Waals surface area contributed by atoms with Crippen LogP contribution in [0.2, 0.25) is 0 Å². The molecule has 1 saturated heterocycles. The van der Waals surface area contributed by atoms with Gasteiger partial charge in [-0.1, -0.05) is 0 Å². The molecule has 0 radical (unpaired) electrons. The Morgan fingerprint density at radius 2 is 2.33 bits per heavy atom. The van der Waals surface area contributed by atoms with Crippen molar-refractivity contribution in [2.24, 2.45) is 0 Å². The molecule has 1 fully saturated rings. The lowest BCUT2D eigenvalue weighted by atomic mass is 10.3. The maximum absolute atomic E-state index is 12.7. The third kappa shape index (κ3) is 3.78. The third-order valence-corrected chi connectivity index (χ3v) is 7.36. The number of carboxylic acids is 1. The molecule has 9 heteroatoms. The first-order chi connectivity index (χ1) is 9.96. The van der Waals surface area contributed by atoms with Gasteiger partial charge < -0.3 is 9.84 Å². The lowest BCUT2D eigenvalue weighted by molar-refractivity contribution is 0.0702. The minimum atomic E-state index is -3.68. The molecule has 118 valence electrons. The molecule has 1 aromatic heterocycles. The zero-order valence-corrected chi connectivity index (χ0v) is 14.0. The van der Waals surface area contributed by atoms with Gasteiger partial charge in [-0.3, -0.25) is 0 Å². The number of sulfonamides is 1. The van der Waals surface area contributed by atoms with Crippen LogP contribution in [0.3, 0.4) is 0 Å². The smallest absolute Gasteiger partial charge is 0.345 e. The molecule has 0 aromatic carbocycles. The van der Waals surface area contributed by atoms with Crippen LogP contribution in [0, 0.1) is 0 Å². The molecule has 2 rings (SSSR count). The van der Waals surface area contributed by atoms with Crippen LogP contribution in [0.5, 0.6) is 0 Å². The van der Waals surface area contributed by atoms with E-state index in [0.29, 0.717) is 6.61 Å². The highest BCUT2D eigenvalue weighted by Gasteiger charge is 2.34. The van der Waals surface area contributed by atoms with Crippen LogP contribution >= 0.6 is 23.1 Å². The first kappa shape index (κ1) is 16.8. The Kier molecular flexibility index (Phi) is 5.67. The van der Waals surface area contributed by atoms with Crippen LogP contribution in [0.15, 0.2) is 16.3 Å². The van der Waals surface area contributed by atoms with Crippen molar-refractivity contribution in [2.45, 2.75) is 17.4 Å². The molecule has 2 heterocycles. The summed E-state index contributed by atoms with van der Waals surface area (Å²) in [7, 11) is -2.15. The van der Waals surface area contributed by atoms with Gasteiger partial charge in [-0.05, 0) is 18.2 Å². The minimum absolute atomic E-state index is 0.0288. The Labute approximate surface area is 132 Å². The van der Waals surface area contributed by atoms with E-state index in [2.05, 4.69) is 0 Å². The van der Waals surface area contributed by atoms with Gasteiger partial charge in [-0.15, -0.1) is 11.3 Å². The lowest BCUT2D eigenvalue weighted by Gasteiger charge is -2.26. The van der Waals surface area contributed by atoms with Crippen molar-refractivity contribution in [3.63, 3.8) is 0 Å². The lowest BCUT2D eigenvalue weighted by Crippen LogP contribution is -2.42. The predicted octanol–water partition coefficient (Wildman–Crippen LogP) is 1.59. The average Bonchev–Trinajstić information content (AvgIpc) is 3.10. The molecule has 0 spiro atoms. The molecule has 0 bridgehead atoms. The molecule has 1 aromatic rings.